The lowest BCUT2D eigenvalue weighted by Gasteiger charge is -2.27. The molecular formula is C28H43N. The van der Waals surface area contributed by atoms with Crippen molar-refractivity contribution in [2.75, 3.05) is 6.54 Å². The highest BCUT2D eigenvalue weighted by atomic mass is 15.1. The van der Waals surface area contributed by atoms with Crippen LogP contribution in [0.5, 0.6) is 0 Å². The average molecular weight is 394 g/mol. The second kappa shape index (κ2) is 13.6. The lowest BCUT2D eigenvalue weighted by atomic mass is 9.87. The Morgan fingerprint density at radius 3 is 2.00 bits per heavy atom. The van der Waals surface area contributed by atoms with E-state index in [2.05, 4.69) is 73.3 Å². The van der Waals surface area contributed by atoms with E-state index < -0.39 is 0 Å². The second-order valence-electron chi connectivity index (χ2n) is 8.53. The molecule has 1 nitrogen and oxygen atoms in total. The molecule has 0 aromatic heterocycles. The van der Waals surface area contributed by atoms with Crippen molar-refractivity contribution >= 4 is 0 Å². The number of rotatable bonds is 8. The highest BCUT2D eigenvalue weighted by Crippen LogP contribution is 2.31. The Balaban J connectivity index is 0.00000145. The maximum Gasteiger partial charge on any atom is 0.0237 e. The summed E-state index contributed by atoms with van der Waals surface area (Å²) in [6.45, 7) is 12.0. The summed E-state index contributed by atoms with van der Waals surface area (Å²) in [5.74, 6) is 1.81. The first kappa shape index (κ1) is 23.7. The van der Waals surface area contributed by atoms with Gasteiger partial charge in [-0.05, 0) is 47.9 Å². The SMILES string of the molecule is CC.CCc1ccc(CN(CCC2CCCCCC2C)Cc2ccccc2)cc1. The zero-order chi connectivity index (χ0) is 20.9. The lowest BCUT2D eigenvalue weighted by Crippen LogP contribution is -2.27. The van der Waals surface area contributed by atoms with Crippen LogP contribution < -0.4 is 0 Å². The van der Waals surface area contributed by atoms with E-state index in [0.29, 0.717) is 0 Å². The molecule has 2 aromatic rings. The number of hydrogen-bond donors (Lipinski definition) is 0. The lowest BCUT2D eigenvalue weighted by molar-refractivity contribution is 0.210. The van der Waals surface area contributed by atoms with Gasteiger partial charge in [0.15, 0.2) is 0 Å². The molecule has 1 aliphatic carbocycles. The normalized spacial score (nSPS) is 19.3. The van der Waals surface area contributed by atoms with E-state index in [4.69, 9.17) is 0 Å². The third kappa shape index (κ3) is 8.34. The fourth-order valence-electron chi connectivity index (χ4n) is 4.54. The van der Waals surface area contributed by atoms with Gasteiger partial charge in [0, 0.05) is 13.1 Å². The minimum absolute atomic E-state index is 0.898. The molecule has 2 unspecified atom stereocenters. The average Bonchev–Trinajstić information content (AvgIpc) is 2.98. The van der Waals surface area contributed by atoms with Gasteiger partial charge in [-0.2, -0.15) is 0 Å². The molecule has 0 amide bonds. The maximum absolute atomic E-state index is 2.66. The van der Waals surface area contributed by atoms with Gasteiger partial charge in [-0.1, -0.05) is 114 Å². The molecule has 1 saturated carbocycles. The summed E-state index contributed by atoms with van der Waals surface area (Å²) in [5.41, 5.74) is 4.30. The van der Waals surface area contributed by atoms with Crippen LogP contribution >= 0.6 is 0 Å². The molecule has 0 saturated heterocycles. The Kier molecular flexibility index (Phi) is 11.1. The van der Waals surface area contributed by atoms with Gasteiger partial charge in [0.2, 0.25) is 0 Å². The van der Waals surface area contributed by atoms with Gasteiger partial charge in [-0.3, -0.25) is 4.90 Å². The largest absolute Gasteiger partial charge is 0.295 e. The number of aryl methyl sites for hydroxylation is 1. The highest BCUT2D eigenvalue weighted by molar-refractivity contribution is 5.22. The van der Waals surface area contributed by atoms with Crippen molar-refractivity contribution in [2.45, 2.75) is 85.7 Å². The molecule has 0 radical (unpaired) electrons. The summed E-state index contributed by atoms with van der Waals surface area (Å²) in [4.78, 5) is 2.66. The minimum Gasteiger partial charge on any atom is -0.295 e. The van der Waals surface area contributed by atoms with Crippen molar-refractivity contribution in [3.05, 3.63) is 71.3 Å². The van der Waals surface area contributed by atoms with E-state index in [0.717, 1.165) is 31.3 Å². The van der Waals surface area contributed by atoms with E-state index in [1.165, 1.54) is 61.8 Å². The molecule has 2 aromatic carbocycles. The van der Waals surface area contributed by atoms with Crippen LogP contribution in [0.3, 0.4) is 0 Å². The minimum atomic E-state index is 0.898. The monoisotopic (exact) mass is 393 g/mol. The molecule has 0 aliphatic heterocycles. The predicted octanol–water partition coefficient (Wildman–Crippen LogP) is 7.88. The zero-order valence-electron chi connectivity index (χ0n) is 19.4. The number of hydrogen-bond acceptors (Lipinski definition) is 1. The first-order valence-electron chi connectivity index (χ1n) is 12.1. The Hall–Kier alpha value is -1.60. The van der Waals surface area contributed by atoms with E-state index in [9.17, 15) is 0 Å². The molecule has 3 rings (SSSR count). The number of benzene rings is 2. The van der Waals surface area contributed by atoms with E-state index in [1.54, 1.807) is 0 Å². The van der Waals surface area contributed by atoms with Crippen LogP contribution in [0.4, 0.5) is 0 Å². The third-order valence-electron chi connectivity index (χ3n) is 6.44. The summed E-state index contributed by atoms with van der Waals surface area (Å²) in [7, 11) is 0. The van der Waals surface area contributed by atoms with Crippen molar-refractivity contribution in [3.63, 3.8) is 0 Å². The van der Waals surface area contributed by atoms with Gasteiger partial charge in [-0.15, -0.1) is 0 Å². The Morgan fingerprint density at radius 1 is 0.759 bits per heavy atom. The fraction of sp³-hybridized carbons (Fsp3) is 0.571. The molecule has 0 bridgehead atoms. The quantitative estimate of drug-likeness (QED) is 0.412. The van der Waals surface area contributed by atoms with Crippen molar-refractivity contribution in [2.24, 2.45) is 11.8 Å². The molecule has 1 fully saturated rings. The van der Waals surface area contributed by atoms with Gasteiger partial charge in [-0.25, -0.2) is 0 Å². The van der Waals surface area contributed by atoms with E-state index >= 15 is 0 Å². The van der Waals surface area contributed by atoms with Crippen LogP contribution in [0.1, 0.15) is 82.9 Å². The van der Waals surface area contributed by atoms with E-state index in [1.807, 2.05) is 13.8 Å². The first-order chi connectivity index (χ1) is 14.2. The second-order valence-corrected chi connectivity index (χ2v) is 8.53. The zero-order valence-corrected chi connectivity index (χ0v) is 19.4. The van der Waals surface area contributed by atoms with Crippen molar-refractivity contribution in [3.8, 4) is 0 Å². The van der Waals surface area contributed by atoms with Crippen molar-refractivity contribution in [1.29, 1.82) is 0 Å². The first-order valence-corrected chi connectivity index (χ1v) is 12.1. The van der Waals surface area contributed by atoms with Crippen molar-refractivity contribution in [1.82, 2.24) is 4.90 Å². The Bertz CT molecular complexity index is 646. The topological polar surface area (TPSA) is 3.24 Å². The van der Waals surface area contributed by atoms with Crippen LogP contribution in [0.25, 0.3) is 0 Å². The fourth-order valence-corrected chi connectivity index (χ4v) is 4.54. The van der Waals surface area contributed by atoms with Crippen molar-refractivity contribution < 1.29 is 0 Å². The van der Waals surface area contributed by atoms with Crippen LogP contribution in [0.15, 0.2) is 54.6 Å². The van der Waals surface area contributed by atoms with Crippen LogP contribution in [-0.4, -0.2) is 11.4 Å². The smallest absolute Gasteiger partial charge is 0.0237 e. The standard InChI is InChI=1S/C26H37N.C2H6/c1-3-23-14-16-25(17-15-23)21-27(20-24-11-7-5-8-12-24)19-18-26-13-9-4-6-10-22(26)2;1-2/h5,7-8,11-12,14-17,22,26H,3-4,6,9-10,13,18-21H2,1-2H3;1-2H3. The highest BCUT2D eigenvalue weighted by Gasteiger charge is 2.20. The summed E-state index contributed by atoms with van der Waals surface area (Å²) < 4.78 is 0. The Labute approximate surface area is 180 Å². The molecule has 0 heterocycles. The van der Waals surface area contributed by atoms with Crippen LogP contribution in [0.2, 0.25) is 0 Å². The summed E-state index contributed by atoms with van der Waals surface area (Å²) in [6, 6.07) is 20.2. The van der Waals surface area contributed by atoms with Gasteiger partial charge in [0.25, 0.3) is 0 Å². The molecule has 0 N–H and O–H groups in total. The molecule has 2 atom stereocenters. The molecule has 160 valence electrons. The maximum atomic E-state index is 2.66. The van der Waals surface area contributed by atoms with Gasteiger partial charge >= 0.3 is 0 Å². The summed E-state index contributed by atoms with van der Waals surface area (Å²) >= 11 is 0. The molecular weight excluding hydrogens is 350 g/mol. The Morgan fingerprint density at radius 2 is 1.34 bits per heavy atom. The molecule has 1 aliphatic rings. The van der Waals surface area contributed by atoms with Gasteiger partial charge < -0.3 is 0 Å². The molecule has 29 heavy (non-hydrogen) atoms. The third-order valence-corrected chi connectivity index (χ3v) is 6.44. The summed E-state index contributed by atoms with van der Waals surface area (Å²) in [6.07, 6.45) is 9.65. The van der Waals surface area contributed by atoms with Gasteiger partial charge in [0.1, 0.15) is 0 Å². The number of nitrogens with zero attached hydrogens (tertiary/aromatic N) is 1. The van der Waals surface area contributed by atoms with E-state index in [-0.39, 0.29) is 0 Å². The van der Waals surface area contributed by atoms with Crippen LogP contribution in [0, 0.1) is 11.8 Å². The molecule has 0 spiro atoms. The molecule has 1 heteroatoms. The predicted molar refractivity (Wildman–Crippen MR) is 128 cm³/mol. The summed E-state index contributed by atoms with van der Waals surface area (Å²) in [5, 5.41) is 0. The van der Waals surface area contributed by atoms with Crippen LogP contribution in [-0.2, 0) is 19.5 Å². The van der Waals surface area contributed by atoms with Gasteiger partial charge in [0.05, 0.1) is 0 Å².